The van der Waals surface area contributed by atoms with Crippen molar-refractivity contribution in [3.8, 4) is 0 Å². The highest BCUT2D eigenvalue weighted by molar-refractivity contribution is 4.81. The van der Waals surface area contributed by atoms with E-state index in [4.69, 9.17) is 0 Å². The molecular weight excluding hydrogens is 334 g/mol. The first kappa shape index (κ1) is 26.6. The molecule has 0 saturated heterocycles. The molecular formula is C24H49NO2. The average molecular weight is 384 g/mol. The normalized spacial score (nSPS) is 13.2. The van der Waals surface area contributed by atoms with Gasteiger partial charge in [-0.1, -0.05) is 76.9 Å². The highest BCUT2D eigenvalue weighted by Crippen LogP contribution is 2.22. The Labute approximate surface area is 170 Å². The Hall–Kier alpha value is -0.380. The van der Waals surface area contributed by atoms with Crippen LogP contribution in [0.2, 0.25) is 0 Å². The Bertz CT molecular complexity index is 338. The van der Waals surface area contributed by atoms with Crippen LogP contribution >= 0.6 is 0 Å². The number of allylic oxidation sites excluding steroid dienone is 2. The smallest absolute Gasteiger partial charge is 0.115 e. The van der Waals surface area contributed by atoms with Crippen LogP contribution in [0.15, 0.2) is 12.2 Å². The van der Waals surface area contributed by atoms with Gasteiger partial charge in [0.25, 0.3) is 0 Å². The van der Waals surface area contributed by atoms with Crippen LogP contribution in [0, 0.1) is 0 Å². The first-order valence-electron chi connectivity index (χ1n) is 11.6. The first-order valence-corrected chi connectivity index (χ1v) is 11.6. The number of nitrogens with zero attached hydrogens (tertiary/aromatic N) is 1. The summed E-state index contributed by atoms with van der Waals surface area (Å²) in [5.74, 6) is 0. The second kappa shape index (κ2) is 15.5. The number of unbranched alkanes of at least 4 members (excludes halogenated alkanes) is 12. The molecule has 3 heteroatoms. The van der Waals surface area contributed by atoms with Crippen molar-refractivity contribution < 1.29 is 10.2 Å². The highest BCUT2D eigenvalue weighted by atomic mass is 16.3. The van der Waals surface area contributed by atoms with E-state index in [1.54, 1.807) is 32.6 Å². The predicted octanol–water partition coefficient (Wildman–Crippen LogP) is 6.78. The van der Waals surface area contributed by atoms with Gasteiger partial charge in [-0.15, -0.1) is 0 Å². The van der Waals surface area contributed by atoms with Crippen molar-refractivity contribution in [1.82, 2.24) is 4.90 Å². The largest absolute Gasteiger partial charge is 0.376 e. The third-order valence-electron chi connectivity index (χ3n) is 5.21. The second-order valence-electron chi connectivity index (χ2n) is 9.08. The summed E-state index contributed by atoms with van der Waals surface area (Å²) < 4.78 is 0. The van der Waals surface area contributed by atoms with Gasteiger partial charge in [0, 0.05) is 6.54 Å². The molecule has 0 saturated carbocycles. The zero-order valence-corrected chi connectivity index (χ0v) is 19.1. The molecule has 162 valence electrons. The minimum absolute atomic E-state index is 0.730. The van der Waals surface area contributed by atoms with Crippen molar-refractivity contribution in [3.05, 3.63) is 12.2 Å². The zero-order chi connectivity index (χ0) is 20.6. The summed E-state index contributed by atoms with van der Waals surface area (Å²) in [6.45, 7) is 9.96. The fourth-order valence-electron chi connectivity index (χ4n) is 3.73. The molecule has 0 radical (unpaired) electrons. The van der Waals surface area contributed by atoms with E-state index in [1.165, 1.54) is 77.0 Å². The van der Waals surface area contributed by atoms with E-state index in [2.05, 4.69) is 19.1 Å². The van der Waals surface area contributed by atoms with E-state index in [0.29, 0.717) is 0 Å². The minimum atomic E-state index is -0.986. The lowest BCUT2D eigenvalue weighted by Crippen LogP contribution is -2.55. The van der Waals surface area contributed by atoms with Gasteiger partial charge in [-0.3, -0.25) is 0 Å². The lowest BCUT2D eigenvalue weighted by Gasteiger charge is -2.42. The number of hydrogen-bond acceptors (Lipinski definition) is 3. The predicted molar refractivity (Wildman–Crippen MR) is 119 cm³/mol. The summed E-state index contributed by atoms with van der Waals surface area (Å²) >= 11 is 0. The van der Waals surface area contributed by atoms with Gasteiger partial charge >= 0.3 is 0 Å². The van der Waals surface area contributed by atoms with Gasteiger partial charge in [-0.05, 0) is 59.8 Å². The Balaban J connectivity index is 3.50. The Kier molecular flexibility index (Phi) is 15.3. The Morgan fingerprint density at radius 3 is 1.37 bits per heavy atom. The van der Waals surface area contributed by atoms with E-state index in [9.17, 15) is 10.2 Å². The molecule has 2 N–H and O–H groups in total. The molecule has 0 amide bonds. The van der Waals surface area contributed by atoms with Crippen LogP contribution in [0.4, 0.5) is 0 Å². The minimum Gasteiger partial charge on any atom is -0.376 e. The van der Waals surface area contributed by atoms with Crippen molar-refractivity contribution in [1.29, 1.82) is 0 Å². The topological polar surface area (TPSA) is 43.7 Å². The van der Waals surface area contributed by atoms with Crippen molar-refractivity contribution in [2.45, 2.75) is 136 Å². The molecule has 0 heterocycles. The lowest BCUT2D eigenvalue weighted by molar-refractivity contribution is -0.200. The van der Waals surface area contributed by atoms with E-state index < -0.39 is 11.4 Å². The van der Waals surface area contributed by atoms with Crippen molar-refractivity contribution in [3.63, 3.8) is 0 Å². The number of aliphatic hydroxyl groups is 2. The van der Waals surface area contributed by atoms with Crippen LogP contribution in [-0.4, -0.2) is 33.1 Å². The molecule has 27 heavy (non-hydrogen) atoms. The van der Waals surface area contributed by atoms with Gasteiger partial charge in [-0.2, -0.15) is 0 Å². The molecule has 0 aromatic rings. The quantitative estimate of drug-likeness (QED) is 0.156. The van der Waals surface area contributed by atoms with Gasteiger partial charge < -0.3 is 10.2 Å². The van der Waals surface area contributed by atoms with Crippen LogP contribution in [0.5, 0.6) is 0 Å². The van der Waals surface area contributed by atoms with E-state index in [-0.39, 0.29) is 0 Å². The summed E-state index contributed by atoms with van der Waals surface area (Å²) in [4.78, 5) is 1.77. The molecule has 0 unspecified atom stereocenters. The van der Waals surface area contributed by atoms with Crippen LogP contribution in [0.1, 0.15) is 125 Å². The van der Waals surface area contributed by atoms with Crippen LogP contribution < -0.4 is 0 Å². The van der Waals surface area contributed by atoms with Gasteiger partial charge in [0.2, 0.25) is 0 Å². The number of rotatable bonds is 18. The van der Waals surface area contributed by atoms with Crippen LogP contribution in [0.25, 0.3) is 0 Å². The molecule has 0 aromatic carbocycles. The maximum Gasteiger partial charge on any atom is 0.115 e. The Morgan fingerprint density at radius 1 is 0.593 bits per heavy atom. The highest BCUT2D eigenvalue weighted by Gasteiger charge is 2.34. The number of hydrogen-bond donors (Lipinski definition) is 2. The molecule has 0 aliphatic carbocycles. The van der Waals surface area contributed by atoms with Gasteiger partial charge in [-0.25, -0.2) is 4.90 Å². The van der Waals surface area contributed by atoms with E-state index >= 15 is 0 Å². The average Bonchev–Trinajstić information content (AvgIpc) is 2.55. The molecule has 0 spiro atoms. The maximum absolute atomic E-state index is 10.2. The van der Waals surface area contributed by atoms with Crippen LogP contribution in [0.3, 0.4) is 0 Å². The third-order valence-corrected chi connectivity index (χ3v) is 5.21. The van der Waals surface area contributed by atoms with Gasteiger partial charge in [0.05, 0.1) is 0 Å². The Morgan fingerprint density at radius 2 is 0.963 bits per heavy atom. The third kappa shape index (κ3) is 16.3. The van der Waals surface area contributed by atoms with E-state index in [1.807, 2.05) is 0 Å². The maximum atomic E-state index is 10.2. The van der Waals surface area contributed by atoms with Gasteiger partial charge in [0.15, 0.2) is 0 Å². The molecule has 3 nitrogen and oxygen atoms in total. The summed E-state index contributed by atoms with van der Waals surface area (Å²) in [5.41, 5.74) is -1.97. The van der Waals surface area contributed by atoms with Crippen molar-refractivity contribution in [2.75, 3.05) is 6.54 Å². The summed E-state index contributed by atoms with van der Waals surface area (Å²) in [6.07, 6.45) is 22.8. The zero-order valence-electron chi connectivity index (χ0n) is 19.1. The SMILES string of the molecule is CCCCCCCC/C=C\CCCCCCCCN(C(C)(C)O)C(C)(C)O. The molecule has 0 aliphatic rings. The second-order valence-corrected chi connectivity index (χ2v) is 9.08. The summed E-state index contributed by atoms with van der Waals surface area (Å²) in [5, 5.41) is 20.4. The standard InChI is InChI=1S/C24H49NO2/c1-6-7-8-9-10-11-12-13-14-15-16-17-18-19-20-21-22-25(23(2,3)26)24(4,5)27/h13-14,26-27H,6-12,15-22H2,1-5H3/b14-13-. The first-order chi connectivity index (χ1) is 12.7. The molecule has 0 fully saturated rings. The van der Waals surface area contributed by atoms with E-state index in [0.717, 1.165) is 19.4 Å². The van der Waals surface area contributed by atoms with Crippen molar-refractivity contribution >= 4 is 0 Å². The molecule has 0 aliphatic heterocycles. The van der Waals surface area contributed by atoms with Gasteiger partial charge in [0.1, 0.15) is 11.4 Å². The molecule has 0 bridgehead atoms. The monoisotopic (exact) mass is 383 g/mol. The summed E-state index contributed by atoms with van der Waals surface area (Å²) in [7, 11) is 0. The molecule has 0 atom stereocenters. The van der Waals surface area contributed by atoms with Crippen molar-refractivity contribution in [2.24, 2.45) is 0 Å². The van der Waals surface area contributed by atoms with Crippen LogP contribution in [-0.2, 0) is 0 Å². The lowest BCUT2D eigenvalue weighted by atomic mass is 10.1. The fraction of sp³-hybridized carbons (Fsp3) is 0.917. The molecule has 0 aromatic heterocycles. The summed E-state index contributed by atoms with van der Waals surface area (Å²) in [6, 6.07) is 0. The fourth-order valence-corrected chi connectivity index (χ4v) is 3.73. The molecule has 0 rings (SSSR count).